The molecule has 40 heavy (non-hydrogen) atoms. The number of carbonyl (C=O) groups excluding carboxylic acids is 2. The second kappa shape index (κ2) is 13.5. The number of hydrogen-bond donors (Lipinski definition) is 1. The number of aromatic nitrogens is 3. The van der Waals surface area contributed by atoms with E-state index in [1.54, 1.807) is 20.1 Å². The number of hydrogen-bond acceptors (Lipinski definition) is 12. The molecule has 0 fully saturated rings. The maximum atomic E-state index is 12.8. The molecule has 3 aromatic heterocycles. The quantitative estimate of drug-likeness (QED) is 0.450. The summed E-state index contributed by atoms with van der Waals surface area (Å²) in [5.41, 5.74) is 1.13. The van der Waals surface area contributed by atoms with E-state index < -0.39 is 24.1 Å². The van der Waals surface area contributed by atoms with Gasteiger partial charge in [-0.3, -0.25) is 9.59 Å². The molecule has 0 spiro atoms. The van der Waals surface area contributed by atoms with Gasteiger partial charge in [0.2, 0.25) is 17.7 Å². The number of oxazole rings is 3. The molecule has 4 rings (SSSR count). The molecule has 1 N–H and O–H groups in total. The van der Waals surface area contributed by atoms with Gasteiger partial charge in [0.1, 0.15) is 30.6 Å². The van der Waals surface area contributed by atoms with Crippen LogP contribution in [0.5, 0.6) is 0 Å². The highest BCUT2D eigenvalue weighted by Gasteiger charge is 2.28. The number of allylic oxidation sites excluding steroid dienone is 1. The number of rotatable bonds is 2. The van der Waals surface area contributed by atoms with Crippen molar-refractivity contribution in [3.63, 3.8) is 0 Å². The van der Waals surface area contributed by atoms with Crippen molar-refractivity contribution in [3.05, 3.63) is 48.6 Å². The number of carbonyl (C=O) groups is 2. The van der Waals surface area contributed by atoms with Gasteiger partial charge in [-0.25, -0.2) is 15.0 Å². The van der Waals surface area contributed by atoms with E-state index in [4.69, 9.17) is 27.5 Å². The molecule has 0 saturated heterocycles. The van der Waals surface area contributed by atoms with Crippen LogP contribution in [0.25, 0.3) is 29.2 Å². The van der Waals surface area contributed by atoms with E-state index in [9.17, 15) is 14.7 Å². The average Bonchev–Trinajstić information content (AvgIpc) is 3.70. The lowest BCUT2D eigenvalue weighted by atomic mass is 9.96. The van der Waals surface area contributed by atoms with E-state index in [0.29, 0.717) is 29.4 Å². The minimum atomic E-state index is -0.993. The molecule has 0 unspecified atom stereocenters. The lowest BCUT2D eigenvalue weighted by Crippen LogP contribution is -2.26. The van der Waals surface area contributed by atoms with Crippen molar-refractivity contribution >= 4 is 17.8 Å². The molecule has 0 aromatic carbocycles. The Morgan fingerprint density at radius 1 is 0.875 bits per heavy atom. The molecule has 12 heteroatoms. The first kappa shape index (κ1) is 29.1. The van der Waals surface area contributed by atoms with Gasteiger partial charge in [0, 0.05) is 20.1 Å². The van der Waals surface area contributed by atoms with Gasteiger partial charge < -0.3 is 32.6 Å². The van der Waals surface area contributed by atoms with Crippen molar-refractivity contribution in [3.8, 4) is 23.2 Å². The maximum Gasteiger partial charge on any atom is 0.308 e. The number of fused-ring (bicyclic) bond motifs is 8. The minimum absolute atomic E-state index is 0.108. The number of aliphatic hydroxyl groups excluding tert-OH is 1. The van der Waals surface area contributed by atoms with Gasteiger partial charge in [-0.2, -0.15) is 0 Å². The summed E-state index contributed by atoms with van der Waals surface area (Å²) in [5, 5.41) is 10.3. The van der Waals surface area contributed by atoms with Gasteiger partial charge >= 0.3 is 5.97 Å². The second-order valence-corrected chi connectivity index (χ2v) is 9.60. The third kappa shape index (κ3) is 7.20. The fourth-order valence-corrected chi connectivity index (χ4v) is 4.24. The maximum absolute atomic E-state index is 12.8. The Kier molecular flexibility index (Phi) is 9.80. The molecule has 0 aliphatic carbocycles. The molecule has 214 valence electrons. The minimum Gasteiger partial charge on any atom is -0.465 e. The summed E-state index contributed by atoms with van der Waals surface area (Å²) in [4.78, 5) is 38.3. The van der Waals surface area contributed by atoms with Crippen LogP contribution in [-0.2, 0) is 23.8 Å². The van der Waals surface area contributed by atoms with E-state index in [1.165, 1.54) is 38.1 Å². The summed E-state index contributed by atoms with van der Waals surface area (Å²) >= 11 is 0. The van der Waals surface area contributed by atoms with Gasteiger partial charge in [-0.15, -0.1) is 0 Å². The summed E-state index contributed by atoms with van der Waals surface area (Å²) in [6.45, 7) is 3.73. The van der Waals surface area contributed by atoms with E-state index in [2.05, 4.69) is 15.0 Å². The Morgan fingerprint density at radius 2 is 1.57 bits per heavy atom. The van der Waals surface area contributed by atoms with Crippen LogP contribution in [0.15, 0.2) is 50.3 Å². The van der Waals surface area contributed by atoms with Gasteiger partial charge in [-0.05, 0) is 25.0 Å². The first-order valence-corrected chi connectivity index (χ1v) is 12.9. The zero-order valence-electron chi connectivity index (χ0n) is 22.8. The van der Waals surface area contributed by atoms with E-state index in [1.807, 2.05) is 13.0 Å². The van der Waals surface area contributed by atoms with Gasteiger partial charge in [0.25, 0.3) is 0 Å². The number of cyclic esters (lactones) is 1. The van der Waals surface area contributed by atoms with Crippen molar-refractivity contribution in [2.45, 2.75) is 51.4 Å². The summed E-state index contributed by atoms with van der Waals surface area (Å²) in [6.07, 6.45) is 9.17. The molecule has 5 atom stereocenters. The Morgan fingerprint density at radius 3 is 2.35 bits per heavy atom. The van der Waals surface area contributed by atoms with E-state index in [0.717, 1.165) is 0 Å². The Bertz CT molecular complexity index is 1340. The van der Waals surface area contributed by atoms with Crippen molar-refractivity contribution in [2.24, 2.45) is 11.8 Å². The molecule has 4 heterocycles. The molecule has 3 aromatic rings. The van der Waals surface area contributed by atoms with Crippen molar-refractivity contribution in [1.29, 1.82) is 0 Å². The lowest BCUT2D eigenvalue weighted by molar-refractivity contribution is -0.148. The normalized spacial score (nSPS) is 26.9. The zero-order chi connectivity index (χ0) is 28.6. The first-order chi connectivity index (χ1) is 19.3. The SMILES string of the molecule is CO[C@H]1C/C=C/c2nc(co2)-c2nc(co2)-c2nc(co2)[C@@H](OC)[C@@H](C)C(=O)/C=C/C[C@H](O)CC(=O)OC[C@@H]1C. The smallest absolute Gasteiger partial charge is 0.308 e. The predicted molar refractivity (Wildman–Crippen MR) is 140 cm³/mol. The number of ether oxygens (including phenoxy) is 3. The molecule has 1 aliphatic heterocycles. The second-order valence-electron chi connectivity index (χ2n) is 9.60. The Labute approximate surface area is 231 Å². The first-order valence-electron chi connectivity index (χ1n) is 12.9. The number of ketones is 1. The molecule has 1 aliphatic rings. The highest BCUT2D eigenvalue weighted by Crippen LogP contribution is 2.30. The third-order valence-corrected chi connectivity index (χ3v) is 6.60. The van der Waals surface area contributed by atoms with Crippen LogP contribution < -0.4 is 0 Å². The highest BCUT2D eigenvalue weighted by molar-refractivity contribution is 5.92. The number of esters is 1. The molecule has 0 radical (unpaired) electrons. The third-order valence-electron chi connectivity index (χ3n) is 6.60. The molecule has 0 saturated carbocycles. The van der Waals surface area contributed by atoms with Crippen LogP contribution >= 0.6 is 0 Å². The number of nitrogens with zero attached hydrogens (tertiary/aromatic N) is 3. The Hall–Kier alpha value is -3.87. The van der Waals surface area contributed by atoms with Crippen LogP contribution in [0.2, 0.25) is 0 Å². The van der Waals surface area contributed by atoms with Crippen molar-refractivity contribution < 1.29 is 42.2 Å². The van der Waals surface area contributed by atoms with Crippen LogP contribution in [0.4, 0.5) is 0 Å². The van der Waals surface area contributed by atoms with Gasteiger partial charge in [0.05, 0.1) is 31.2 Å². The van der Waals surface area contributed by atoms with E-state index in [-0.39, 0.29) is 49.0 Å². The molecule has 6 bridgehead atoms. The van der Waals surface area contributed by atoms with Crippen LogP contribution in [0, 0.1) is 11.8 Å². The van der Waals surface area contributed by atoms with Gasteiger partial charge in [0.15, 0.2) is 17.2 Å². The average molecular weight is 556 g/mol. The highest BCUT2D eigenvalue weighted by atomic mass is 16.5. The number of aliphatic hydroxyl groups is 1. The standard InChI is InChI=1S/C28H33N3O9/c1-16-12-38-25(34)11-18(32)7-5-8-22(33)17(2)26(36-4)19-13-39-28(30-19)21-15-40-27(31-21)20-14-37-24(29-20)10-6-9-23(16)35-3/h5-6,8,10,13-18,23,26,32H,7,9,11-12H2,1-4H3/b8-5+,10-6+/t16-,17-,18-,23-,26-/m0/s1. The molecule has 12 nitrogen and oxygen atoms in total. The predicted octanol–water partition coefficient (Wildman–Crippen LogP) is 4.19. The molecule has 0 amide bonds. The van der Waals surface area contributed by atoms with Crippen LogP contribution in [0.3, 0.4) is 0 Å². The fraction of sp³-hybridized carbons (Fsp3) is 0.464. The summed E-state index contributed by atoms with van der Waals surface area (Å²) in [5.74, 6) is -0.752. The Balaban J connectivity index is 1.58. The fourth-order valence-electron chi connectivity index (χ4n) is 4.24. The largest absolute Gasteiger partial charge is 0.465 e. The topological polar surface area (TPSA) is 160 Å². The van der Waals surface area contributed by atoms with Crippen molar-refractivity contribution in [1.82, 2.24) is 15.0 Å². The summed E-state index contributed by atoms with van der Waals surface area (Å²) in [7, 11) is 3.06. The number of methoxy groups -OCH3 is 2. The lowest BCUT2D eigenvalue weighted by Gasteiger charge is -2.21. The van der Waals surface area contributed by atoms with E-state index >= 15 is 0 Å². The molecular weight excluding hydrogens is 522 g/mol. The summed E-state index contributed by atoms with van der Waals surface area (Å²) in [6, 6.07) is 0. The van der Waals surface area contributed by atoms with Crippen LogP contribution in [0.1, 0.15) is 50.8 Å². The summed E-state index contributed by atoms with van der Waals surface area (Å²) < 4.78 is 33.1. The van der Waals surface area contributed by atoms with Crippen molar-refractivity contribution in [2.75, 3.05) is 20.8 Å². The zero-order valence-corrected chi connectivity index (χ0v) is 22.8. The monoisotopic (exact) mass is 555 g/mol. The van der Waals surface area contributed by atoms with Gasteiger partial charge in [-0.1, -0.05) is 26.0 Å². The molecular formula is C28H33N3O9. The van der Waals surface area contributed by atoms with Crippen LogP contribution in [-0.4, -0.2) is 64.8 Å².